The second-order valence-electron chi connectivity index (χ2n) is 5.64. The first kappa shape index (κ1) is 13.9. The fraction of sp³-hybridized carbons (Fsp3) is 0.636. The van der Waals surface area contributed by atoms with Crippen molar-refractivity contribution in [2.24, 2.45) is 0 Å². The second kappa shape index (κ2) is 4.22. The Balaban J connectivity index is 2.10. The normalized spacial score (nSPS) is 15.5. The van der Waals surface area contributed by atoms with Crippen LogP contribution in [0.4, 0.5) is 4.79 Å². The van der Waals surface area contributed by atoms with E-state index < -0.39 is 21.7 Å². The summed E-state index contributed by atoms with van der Waals surface area (Å²) in [4.78, 5) is 13.4. The number of aromatic amines is 1. The molecule has 1 aromatic rings. The lowest BCUT2D eigenvalue weighted by Gasteiger charge is -2.23. The third-order valence-electron chi connectivity index (χ3n) is 2.63. The predicted molar refractivity (Wildman–Crippen MR) is 66.7 cm³/mol. The van der Waals surface area contributed by atoms with Crippen molar-refractivity contribution >= 4 is 16.1 Å². The molecule has 106 valence electrons. The number of nitrogens with zero attached hydrogens (tertiary/aromatic N) is 2. The van der Waals surface area contributed by atoms with Crippen LogP contribution in [0, 0.1) is 0 Å². The smallest absolute Gasteiger partial charge is 0.410 e. The van der Waals surface area contributed by atoms with Crippen molar-refractivity contribution in [2.45, 2.75) is 39.5 Å². The summed E-state index contributed by atoms with van der Waals surface area (Å²) in [7, 11) is -3.32. The highest BCUT2D eigenvalue weighted by atomic mass is 32.2. The molecule has 1 aliphatic rings. The third-order valence-corrected chi connectivity index (χ3v) is 3.54. The average molecular weight is 288 g/mol. The Labute approximate surface area is 112 Å². The van der Waals surface area contributed by atoms with E-state index in [1.165, 1.54) is 11.1 Å². The summed E-state index contributed by atoms with van der Waals surface area (Å²) in [5.74, 6) is 0. The van der Waals surface area contributed by atoms with E-state index in [2.05, 4.69) is 5.10 Å². The molecule has 0 saturated carbocycles. The fourth-order valence-electron chi connectivity index (χ4n) is 1.82. The van der Waals surface area contributed by atoms with Crippen LogP contribution in [0.2, 0.25) is 0 Å². The molecule has 1 aliphatic heterocycles. The quantitative estimate of drug-likeness (QED) is 0.756. The molecule has 2 heterocycles. The maximum atomic E-state index is 11.9. The van der Waals surface area contributed by atoms with E-state index in [9.17, 15) is 13.2 Å². The molecule has 1 amide bonds. The minimum atomic E-state index is -3.32. The Morgan fingerprint density at radius 1 is 1.42 bits per heavy atom. The summed E-state index contributed by atoms with van der Waals surface area (Å²) < 4.78 is 29.1. The van der Waals surface area contributed by atoms with E-state index in [-0.39, 0.29) is 0 Å². The molecule has 0 bridgehead atoms. The number of nitrogens with one attached hydrogen (secondary N) is 1. The molecule has 0 radical (unpaired) electrons. The molecule has 0 aromatic carbocycles. The predicted octanol–water partition coefficient (Wildman–Crippen LogP) is 0.361. The van der Waals surface area contributed by atoms with Gasteiger partial charge in [0, 0.05) is 0 Å². The van der Waals surface area contributed by atoms with Crippen LogP contribution in [-0.2, 0) is 27.8 Å². The lowest BCUT2D eigenvalue weighted by atomic mass is 10.2. The molecule has 0 spiro atoms. The van der Waals surface area contributed by atoms with Gasteiger partial charge in [-0.1, -0.05) is 0 Å². The minimum Gasteiger partial charge on any atom is -0.444 e. The Bertz CT molecular complexity index is 589. The van der Waals surface area contributed by atoms with Crippen molar-refractivity contribution in [3.8, 4) is 0 Å². The van der Waals surface area contributed by atoms with Crippen LogP contribution in [0.5, 0.6) is 0 Å². The topological polar surface area (TPSA) is 83.3 Å². The summed E-state index contributed by atoms with van der Waals surface area (Å²) in [6.45, 7) is 6.09. The van der Waals surface area contributed by atoms with E-state index in [0.717, 1.165) is 21.6 Å². The Morgan fingerprint density at radius 2 is 2.05 bits per heavy atom. The van der Waals surface area contributed by atoms with Crippen LogP contribution in [0.3, 0.4) is 0 Å². The first-order chi connectivity index (χ1) is 8.56. The Hall–Kier alpha value is -1.57. The zero-order valence-electron chi connectivity index (χ0n) is 11.4. The van der Waals surface area contributed by atoms with Gasteiger partial charge >= 0.3 is 16.1 Å². The lowest BCUT2D eigenvalue weighted by molar-refractivity contribution is -0.575. The Morgan fingerprint density at radius 3 is 2.53 bits per heavy atom. The summed E-state index contributed by atoms with van der Waals surface area (Å²) in [5, 5.41) is 2.76. The summed E-state index contributed by atoms with van der Waals surface area (Å²) in [5.41, 5.74) is 0.965. The second-order valence-corrected chi connectivity index (χ2v) is 7.50. The molecule has 0 fully saturated rings. The number of ether oxygens (including phenoxy) is 1. The zero-order valence-corrected chi connectivity index (χ0v) is 12.2. The molecule has 19 heavy (non-hydrogen) atoms. The molecule has 0 atom stereocenters. The van der Waals surface area contributed by atoms with Crippen LogP contribution < -0.4 is 4.09 Å². The van der Waals surface area contributed by atoms with Crippen LogP contribution in [-0.4, -0.2) is 36.4 Å². The summed E-state index contributed by atoms with van der Waals surface area (Å²) >= 11 is 0. The first-order valence-electron chi connectivity index (χ1n) is 5.87. The SMILES string of the molecule is CC(C)(C)OC(=O)N1Cc2c[n+](S(C)(=O)=O)[nH]c2C1. The van der Waals surface area contributed by atoms with E-state index in [1.807, 2.05) is 0 Å². The molecule has 7 nitrogen and oxygen atoms in total. The van der Waals surface area contributed by atoms with E-state index in [4.69, 9.17) is 4.74 Å². The standard InChI is InChI=1S/C11H17N3O4S/c1-11(2,3)18-10(15)13-5-8-6-14(19(4,16)17)12-9(8)7-13/h6H,5,7H2,1-4H3/p+1. The van der Waals surface area contributed by atoms with E-state index in [0.29, 0.717) is 13.1 Å². The minimum absolute atomic E-state index is 0.326. The summed E-state index contributed by atoms with van der Waals surface area (Å²) in [6.07, 6.45) is 2.21. The molecular formula is C11H18N3O4S+. The number of rotatable bonds is 1. The molecule has 1 N–H and O–H groups in total. The van der Waals surface area contributed by atoms with Gasteiger partial charge in [-0.15, -0.1) is 0 Å². The maximum Gasteiger partial charge on any atom is 0.410 e. The Kier molecular flexibility index (Phi) is 3.08. The molecule has 0 unspecified atom stereocenters. The lowest BCUT2D eigenvalue weighted by Crippen LogP contribution is -2.44. The molecule has 0 saturated heterocycles. The molecule has 2 rings (SSSR count). The number of aromatic nitrogens is 2. The number of hydrogen-bond donors (Lipinski definition) is 1. The van der Waals surface area contributed by atoms with Gasteiger partial charge in [-0.05, 0) is 24.9 Å². The van der Waals surface area contributed by atoms with Crippen molar-refractivity contribution in [1.29, 1.82) is 0 Å². The zero-order chi connectivity index (χ0) is 14.4. The van der Waals surface area contributed by atoms with Crippen molar-refractivity contribution in [3.63, 3.8) is 0 Å². The van der Waals surface area contributed by atoms with Gasteiger partial charge in [-0.25, -0.2) is 4.79 Å². The maximum absolute atomic E-state index is 11.9. The van der Waals surface area contributed by atoms with Crippen LogP contribution >= 0.6 is 0 Å². The van der Waals surface area contributed by atoms with Gasteiger partial charge in [0.1, 0.15) is 17.6 Å². The first-order valence-corrected chi connectivity index (χ1v) is 7.72. The highest BCUT2D eigenvalue weighted by molar-refractivity contribution is 7.84. The number of hydrogen-bond acceptors (Lipinski definition) is 4. The van der Waals surface area contributed by atoms with Gasteiger partial charge in [0.2, 0.25) is 6.20 Å². The molecule has 1 aromatic heterocycles. The highest BCUT2D eigenvalue weighted by Crippen LogP contribution is 2.22. The van der Waals surface area contributed by atoms with Crippen molar-refractivity contribution in [3.05, 3.63) is 17.5 Å². The van der Waals surface area contributed by atoms with Crippen molar-refractivity contribution in [2.75, 3.05) is 6.26 Å². The van der Waals surface area contributed by atoms with Crippen LogP contribution in [0.25, 0.3) is 0 Å². The highest BCUT2D eigenvalue weighted by Gasteiger charge is 2.33. The number of carbonyl (C=O) groups is 1. The largest absolute Gasteiger partial charge is 0.444 e. The monoisotopic (exact) mass is 288 g/mol. The van der Waals surface area contributed by atoms with Gasteiger partial charge in [-0.3, -0.25) is 4.90 Å². The molecule has 0 aliphatic carbocycles. The number of fused-ring (bicyclic) bond motifs is 1. The molecular weight excluding hydrogens is 270 g/mol. The van der Waals surface area contributed by atoms with E-state index >= 15 is 0 Å². The van der Waals surface area contributed by atoms with Crippen molar-refractivity contribution in [1.82, 2.24) is 10.00 Å². The summed E-state index contributed by atoms with van der Waals surface area (Å²) in [6, 6.07) is 0. The molecule has 8 heteroatoms. The van der Waals surface area contributed by atoms with Gasteiger partial charge in [0.15, 0.2) is 0 Å². The van der Waals surface area contributed by atoms with Gasteiger partial charge < -0.3 is 4.74 Å². The van der Waals surface area contributed by atoms with E-state index in [1.54, 1.807) is 20.8 Å². The van der Waals surface area contributed by atoms with Gasteiger partial charge in [0.05, 0.1) is 18.7 Å². The average Bonchev–Trinajstić information content (AvgIpc) is 2.68. The number of amides is 1. The van der Waals surface area contributed by atoms with Crippen molar-refractivity contribution < 1.29 is 22.0 Å². The van der Waals surface area contributed by atoms with Crippen LogP contribution in [0.1, 0.15) is 32.0 Å². The van der Waals surface area contributed by atoms with Crippen LogP contribution in [0.15, 0.2) is 6.20 Å². The fourth-order valence-corrected chi connectivity index (χ4v) is 2.41. The number of H-pyrrole nitrogens is 1. The van der Waals surface area contributed by atoms with Gasteiger partial charge in [0.25, 0.3) is 0 Å². The third kappa shape index (κ3) is 3.06. The van der Waals surface area contributed by atoms with Gasteiger partial charge in [-0.2, -0.15) is 13.5 Å². The number of carbonyl (C=O) groups excluding carboxylic acids is 1.